The minimum Gasteiger partial charge on any atom is -0.394 e. The lowest BCUT2D eigenvalue weighted by Gasteiger charge is -2.32. The normalized spacial score (nSPS) is 21.8. The van der Waals surface area contributed by atoms with Crippen LogP contribution in [-0.4, -0.2) is 78.1 Å². The Morgan fingerprint density at radius 2 is 1.80 bits per heavy atom. The molecule has 0 radical (unpaired) electrons. The summed E-state index contributed by atoms with van der Waals surface area (Å²) in [7, 11) is 1.75. The fourth-order valence-electron chi connectivity index (χ4n) is 2.02. The summed E-state index contributed by atoms with van der Waals surface area (Å²) in [6.45, 7) is 0.971. The van der Waals surface area contributed by atoms with Crippen molar-refractivity contribution in [3.8, 4) is 0 Å². The van der Waals surface area contributed by atoms with Gasteiger partial charge in [0.05, 0.1) is 25.9 Å². The molecule has 0 bridgehead atoms. The molecule has 1 saturated heterocycles. The van der Waals surface area contributed by atoms with E-state index >= 15 is 0 Å². The van der Waals surface area contributed by atoms with Gasteiger partial charge in [-0.05, 0) is 19.3 Å². The molecule has 20 heavy (non-hydrogen) atoms. The predicted molar refractivity (Wildman–Crippen MR) is 73.2 cm³/mol. The van der Waals surface area contributed by atoms with Gasteiger partial charge in [0, 0.05) is 21.3 Å². The van der Waals surface area contributed by atoms with E-state index in [-0.39, 0.29) is 18.4 Å². The van der Waals surface area contributed by atoms with Gasteiger partial charge in [-0.25, -0.2) is 0 Å². The maximum Gasteiger partial charge on any atom is 0.530 e. The first-order valence-corrected chi connectivity index (χ1v) is 8.59. The lowest BCUT2D eigenvalue weighted by molar-refractivity contribution is 0.00111. The molecule has 0 aromatic rings. The van der Waals surface area contributed by atoms with E-state index in [2.05, 4.69) is 0 Å². The molecule has 0 spiro atoms. The van der Waals surface area contributed by atoms with Gasteiger partial charge in [-0.2, -0.15) is 0 Å². The van der Waals surface area contributed by atoms with Gasteiger partial charge in [0.15, 0.2) is 0 Å². The van der Waals surface area contributed by atoms with Crippen LogP contribution in [0.1, 0.15) is 19.3 Å². The van der Waals surface area contributed by atoms with Crippen LogP contribution in [0.5, 0.6) is 0 Å². The van der Waals surface area contributed by atoms with E-state index < -0.39 is 14.9 Å². The van der Waals surface area contributed by atoms with E-state index in [4.69, 9.17) is 27.9 Å². The van der Waals surface area contributed by atoms with E-state index in [0.29, 0.717) is 25.9 Å². The van der Waals surface area contributed by atoms with Crippen molar-refractivity contribution in [2.45, 2.75) is 37.2 Å². The quantitative estimate of drug-likeness (QED) is 0.378. The van der Waals surface area contributed by atoms with Crippen molar-refractivity contribution in [3.63, 3.8) is 0 Å². The molecule has 1 heterocycles. The molecule has 0 amide bonds. The first kappa shape index (κ1) is 18.0. The first-order valence-electron chi connectivity index (χ1n) is 6.79. The van der Waals surface area contributed by atoms with Crippen molar-refractivity contribution in [1.82, 2.24) is 0 Å². The fourth-order valence-corrected chi connectivity index (χ4v) is 4.17. The van der Waals surface area contributed by atoms with E-state index in [9.17, 15) is 5.11 Å². The number of hydrogen-bond acceptors (Lipinski definition) is 7. The van der Waals surface area contributed by atoms with Gasteiger partial charge >= 0.3 is 8.80 Å². The Kier molecular flexibility index (Phi) is 8.15. The molecule has 120 valence electrons. The van der Waals surface area contributed by atoms with Gasteiger partial charge in [-0.3, -0.25) is 0 Å². The minimum absolute atomic E-state index is 0.151. The molecule has 0 aromatic carbocycles. The second-order valence-electron chi connectivity index (χ2n) is 4.76. The highest BCUT2D eigenvalue weighted by Crippen LogP contribution is 2.22. The summed E-state index contributed by atoms with van der Waals surface area (Å²) in [5.74, 6) is 0. The Bertz CT molecular complexity index is 250. The minimum atomic E-state index is -2.89. The van der Waals surface area contributed by atoms with Crippen LogP contribution >= 0.6 is 0 Å². The second-order valence-corrected chi connectivity index (χ2v) is 7.84. The van der Waals surface area contributed by atoms with Crippen LogP contribution in [-0.2, 0) is 22.8 Å². The van der Waals surface area contributed by atoms with Gasteiger partial charge in [-0.15, -0.1) is 0 Å². The molecule has 1 aliphatic rings. The monoisotopic (exact) mass is 310 g/mol. The highest BCUT2D eigenvalue weighted by molar-refractivity contribution is 6.62. The second kappa shape index (κ2) is 9.06. The molecule has 1 rings (SSSR count). The van der Waals surface area contributed by atoms with Crippen molar-refractivity contribution >= 4 is 8.80 Å². The van der Waals surface area contributed by atoms with E-state index in [1.54, 1.807) is 21.3 Å². The molecule has 0 aliphatic carbocycles. The molecule has 8 heteroatoms. The van der Waals surface area contributed by atoms with Gasteiger partial charge < -0.3 is 33.0 Å². The van der Waals surface area contributed by atoms with E-state index in [1.165, 1.54) is 0 Å². The molecule has 0 saturated carbocycles. The highest BCUT2D eigenvalue weighted by atomic mass is 28.4. The number of ether oxygens (including phenoxy) is 2. The molecule has 0 aromatic heterocycles. The van der Waals surface area contributed by atoms with Crippen molar-refractivity contribution < 1.29 is 33.0 Å². The fraction of sp³-hybridized carbons (Fsp3) is 1.00. The van der Waals surface area contributed by atoms with Crippen LogP contribution in [0.3, 0.4) is 0 Å². The zero-order valence-corrected chi connectivity index (χ0v) is 13.4. The van der Waals surface area contributed by atoms with Crippen LogP contribution in [0.2, 0.25) is 0 Å². The number of epoxide rings is 1. The lowest BCUT2D eigenvalue weighted by Crippen LogP contribution is -2.55. The van der Waals surface area contributed by atoms with E-state index in [1.807, 2.05) is 0 Å². The number of rotatable bonds is 12. The smallest absolute Gasteiger partial charge is 0.394 e. The van der Waals surface area contributed by atoms with E-state index in [0.717, 1.165) is 6.61 Å². The van der Waals surface area contributed by atoms with Gasteiger partial charge in [0.1, 0.15) is 11.8 Å². The topological polar surface area (TPSA) is 89.9 Å². The van der Waals surface area contributed by atoms with Crippen LogP contribution in [0, 0.1) is 0 Å². The standard InChI is InChI=1S/C12H26O7Si/c1-15-20(16-2,17-3)12(19-9-11-8-18-11)6-4-5-10(14)7-13/h10-14H,4-9H2,1-3H3. The third kappa shape index (κ3) is 5.38. The molecule has 2 N–H and O–H groups in total. The molecule has 3 atom stereocenters. The molecular weight excluding hydrogens is 284 g/mol. The van der Waals surface area contributed by atoms with Gasteiger partial charge in [0.25, 0.3) is 0 Å². The number of hydrogen-bond donors (Lipinski definition) is 2. The summed E-state index contributed by atoms with van der Waals surface area (Å²) in [6, 6.07) is 0. The summed E-state index contributed by atoms with van der Waals surface area (Å²) >= 11 is 0. The number of aliphatic hydroxyl groups is 2. The SMILES string of the molecule is CO[Si](OC)(OC)C(CCCC(O)CO)OCC1CO1. The highest BCUT2D eigenvalue weighted by Gasteiger charge is 2.48. The summed E-state index contributed by atoms with van der Waals surface area (Å²) < 4.78 is 27.3. The number of aliphatic hydroxyl groups excluding tert-OH is 2. The van der Waals surface area contributed by atoms with Crippen LogP contribution in [0.25, 0.3) is 0 Å². The average Bonchev–Trinajstić information content (AvgIpc) is 3.30. The third-order valence-corrected chi connectivity index (χ3v) is 6.30. The van der Waals surface area contributed by atoms with Crippen molar-refractivity contribution in [2.24, 2.45) is 0 Å². The maximum atomic E-state index is 9.38. The lowest BCUT2D eigenvalue weighted by atomic mass is 10.2. The Morgan fingerprint density at radius 1 is 1.20 bits per heavy atom. The molecular formula is C12H26O7Si. The van der Waals surface area contributed by atoms with Crippen LogP contribution in [0.4, 0.5) is 0 Å². The molecule has 1 fully saturated rings. The zero-order valence-electron chi connectivity index (χ0n) is 12.4. The summed E-state index contributed by atoms with van der Waals surface area (Å²) in [6.07, 6.45) is 1.26. The average molecular weight is 310 g/mol. The van der Waals surface area contributed by atoms with Crippen LogP contribution in [0.15, 0.2) is 0 Å². The first-order chi connectivity index (χ1) is 9.61. The molecule has 1 aliphatic heterocycles. The Labute approximate surface area is 121 Å². The molecule has 7 nitrogen and oxygen atoms in total. The van der Waals surface area contributed by atoms with Crippen molar-refractivity contribution in [3.05, 3.63) is 0 Å². The predicted octanol–water partition coefficient (Wildman–Crippen LogP) is -0.289. The Morgan fingerprint density at radius 3 is 2.25 bits per heavy atom. The summed E-state index contributed by atoms with van der Waals surface area (Å²) in [5.41, 5.74) is -0.308. The van der Waals surface area contributed by atoms with Crippen molar-refractivity contribution in [1.29, 1.82) is 0 Å². The third-order valence-electron chi connectivity index (χ3n) is 3.35. The zero-order chi connectivity index (χ0) is 15.0. The van der Waals surface area contributed by atoms with Gasteiger partial charge in [0.2, 0.25) is 0 Å². The van der Waals surface area contributed by atoms with Crippen LogP contribution < -0.4 is 0 Å². The van der Waals surface area contributed by atoms with Crippen molar-refractivity contribution in [2.75, 3.05) is 41.2 Å². The summed E-state index contributed by atoms with van der Waals surface area (Å²) in [5, 5.41) is 18.2. The molecule has 3 unspecified atom stereocenters. The summed E-state index contributed by atoms with van der Waals surface area (Å²) in [4.78, 5) is 0. The Hall–Kier alpha value is -0.0631. The van der Waals surface area contributed by atoms with Gasteiger partial charge in [-0.1, -0.05) is 0 Å². The maximum absolute atomic E-state index is 9.38. The largest absolute Gasteiger partial charge is 0.530 e. The Balaban J connectivity index is 2.52.